The minimum atomic E-state index is 0.368. The first kappa shape index (κ1) is 19.9. The average molecular weight is 409 g/mol. The number of benzene rings is 2. The summed E-state index contributed by atoms with van der Waals surface area (Å²) in [7, 11) is 0. The maximum atomic E-state index is 6.10. The molecule has 1 aliphatic rings. The van der Waals surface area contributed by atoms with Gasteiger partial charge in [-0.15, -0.1) is 0 Å². The zero-order chi connectivity index (χ0) is 20.2. The Kier molecular flexibility index (Phi) is 6.11. The van der Waals surface area contributed by atoms with E-state index in [1.807, 2.05) is 45.6 Å². The van der Waals surface area contributed by atoms with Crippen LogP contribution in [0.5, 0.6) is 5.75 Å². The van der Waals surface area contributed by atoms with Gasteiger partial charge in [-0.25, -0.2) is 4.68 Å². The van der Waals surface area contributed by atoms with Crippen molar-refractivity contribution in [2.24, 2.45) is 5.92 Å². The van der Waals surface area contributed by atoms with Crippen molar-refractivity contribution < 1.29 is 4.74 Å². The molecule has 6 heteroatoms. The zero-order valence-corrected chi connectivity index (χ0v) is 17.9. The second-order valence-corrected chi connectivity index (χ2v) is 8.23. The lowest BCUT2D eigenvalue weighted by Crippen LogP contribution is -2.34. The van der Waals surface area contributed by atoms with E-state index in [4.69, 9.17) is 22.1 Å². The first-order valence-corrected chi connectivity index (χ1v) is 10.7. The van der Waals surface area contributed by atoms with Crippen LogP contribution in [0.15, 0.2) is 54.6 Å². The van der Waals surface area contributed by atoms with Crippen LogP contribution in [0.25, 0.3) is 5.69 Å². The number of hydrogen-bond donors (Lipinski definition) is 0. The van der Waals surface area contributed by atoms with Crippen LogP contribution >= 0.6 is 12.2 Å². The van der Waals surface area contributed by atoms with Crippen molar-refractivity contribution in [2.75, 3.05) is 13.1 Å². The summed E-state index contributed by atoms with van der Waals surface area (Å²) in [6, 6.07) is 18.2. The molecule has 2 aromatic carbocycles. The second-order valence-electron chi connectivity index (χ2n) is 7.87. The van der Waals surface area contributed by atoms with E-state index < -0.39 is 0 Å². The fourth-order valence-electron chi connectivity index (χ4n) is 3.73. The molecule has 4 rings (SSSR count). The number of aromatic nitrogens is 3. The molecule has 29 heavy (non-hydrogen) atoms. The average Bonchev–Trinajstić information content (AvgIpc) is 3.05. The summed E-state index contributed by atoms with van der Waals surface area (Å²) in [4.78, 5) is 2.43. The van der Waals surface area contributed by atoms with Gasteiger partial charge in [-0.1, -0.05) is 43.3 Å². The van der Waals surface area contributed by atoms with Crippen molar-refractivity contribution in [3.05, 3.63) is 70.8 Å². The van der Waals surface area contributed by atoms with Crippen molar-refractivity contribution >= 4 is 12.2 Å². The molecule has 0 saturated carbocycles. The van der Waals surface area contributed by atoms with Crippen molar-refractivity contribution in [3.8, 4) is 11.4 Å². The number of nitrogens with zero attached hydrogens (tertiary/aromatic N) is 4. The molecule has 1 fully saturated rings. The number of ether oxygens (including phenoxy) is 1. The lowest BCUT2D eigenvalue weighted by Gasteiger charge is -2.29. The molecule has 0 aliphatic carbocycles. The minimum absolute atomic E-state index is 0.368. The minimum Gasteiger partial charge on any atom is -0.485 e. The van der Waals surface area contributed by atoms with E-state index in [-0.39, 0.29) is 0 Å². The maximum absolute atomic E-state index is 6.10. The van der Waals surface area contributed by atoms with Crippen LogP contribution in [0, 0.1) is 17.6 Å². The molecule has 5 nitrogen and oxygen atoms in total. The second kappa shape index (κ2) is 8.93. The quantitative estimate of drug-likeness (QED) is 0.539. The third kappa shape index (κ3) is 4.60. The molecule has 0 amide bonds. The Morgan fingerprint density at radius 3 is 2.45 bits per heavy atom. The summed E-state index contributed by atoms with van der Waals surface area (Å²) in [5.74, 6) is 2.49. The normalized spacial score (nSPS) is 15.5. The Hall–Kier alpha value is -2.44. The highest BCUT2D eigenvalue weighted by Crippen LogP contribution is 2.20. The van der Waals surface area contributed by atoms with Crippen LogP contribution in [0.3, 0.4) is 0 Å². The van der Waals surface area contributed by atoms with E-state index in [9.17, 15) is 0 Å². The Morgan fingerprint density at radius 1 is 1.03 bits per heavy atom. The molecular formula is C23H28N4OS. The summed E-state index contributed by atoms with van der Waals surface area (Å²) in [5, 5.41) is 4.85. The summed E-state index contributed by atoms with van der Waals surface area (Å²) in [6.07, 6.45) is 2.46. The molecule has 0 spiro atoms. The molecular weight excluding hydrogens is 380 g/mol. The summed E-state index contributed by atoms with van der Waals surface area (Å²) >= 11 is 5.82. The third-order valence-corrected chi connectivity index (χ3v) is 5.97. The van der Waals surface area contributed by atoms with Crippen molar-refractivity contribution in [2.45, 2.75) is 40.0 Å². The van der Waals surface area contributed by atoms with Gasteiger partial charge in [0.25, 0.3) is 0 Å². The summed E-state index contributed by atoms with van der Waals surface area (Å²) in [5.41, 5.74) is 2.12. The lowest BCUT2D eigenvalue weighted by molar-refractivity contribution is 0.145. The summed E-state index contributed by atoms with van der Waals surface area (Å²) < 4.78 is 10.8. The molecule has 1 saturated heterocycles. The van der Waals surface area contributed by atoms with Crippen LogP contribution in [-0.4, -0.2) is 32.3 Å². The van der Waals surface area contributed by atoms with Gasteiger partial charge in [-0.2, -0.15) is 5.10 Å². The van der Waals surface area contributed by atoms with Crippen LogP contribution in [0.4, 0.5) is 0 Å². The van der Waals surface area contributed by atoms with Gasteiger partial charge in [0.05, 0.1) is 6.67 Å². The highest BCUT2D eigenvalue weighted by atomic mass is 32.1. The van der Waals surface area contributed by atoms with Gasteiger partial charge in [-0.3, -0.25) is 9.47 Å². The monoisotopic (exact) mass is 408 g/mol. The van der Waals surface area contributed by atoms with Crippen molar-refractivity contribution in [1.82, 2.24) is 19.2 Å². The van der Waals surface area contributed by atoms with E-state index in [0.29, 0.717) is 11.4 Å². The fraction of sp³-hybridized carbons (Fsp3) is 0.391. The van der Waals surface area contributed by atoms with E-state index in [0.717, 1.165) is 48.5 Å². The van der Waals surface area contributed by atoms with Crippen molar-refractivity contribution in [1.29, 1.82) is 0 Å². The molecule has 0 N–H and O–H groups in total. The molecule has 2 heterocycles. The van der Waals surface area contributed by atoms with Gasteiger partial charge in [0, 0.05) is 18.8 Å². The van der Waals surface area contributed by atoms with Crippen LogP contribution < -0.4 is 4.74 Å². The number of rotatable bonds is 6. The Morgan fingerprint density at radius 2 is 1.72 bits per heavy atom. The molecule has 0 radical (unpaired) electrons. The number of likely N-dealkylation sites (tertiary alicyclic amines) is 1. The maximum Gasteiger partial charge on any atom is 0.203 e. The van der Waals surface area contributed by atoms with Gasteiger partial charge in [0.2, 0.25) is 4.77 Å². The van der Waals surface area contributed by atoms with Gasteiger partial charge in [0.15, 0.2) is 5.82 Å². The van der Waals surface area contributed by atoms with Gasteiger partial charge in [0.1, 0.15) is 12.4 Å². The Labute approximate surface area is 177 Å². The first-order valence-electron chi connectivity index (χ1n) is 10.3. The number of piperidine rings is 1. The van der Waals surface area contributed by atoms with E-state index in [2.05, 4.69) is 36.9 Å². The van der Waals surface area contributed by atoms with Gasteiger partial charge >= 0.3 is 0 Å². The zero-order valence-electron chi connectivity index (χ0n) is 17.1. The highest BCUT2D eigenvalue weighted by Gasteiger charge is 2.19. The van der Waals surface area contributed by atoms with Gasteiger partial charge in [-0.05, 0) is 61.7 Å². The smallest absolute Gasteiger partial charge is 0.203 e. The van der Waals surface area contributed by atoms with Crippen LogP contribution in [0.1, 0.15) is 31.2 Å². The molecule has 1 aliphatic heterocycles. The van der Waals surface area contributed by atoms with E-state index >= 15 is 0 Å². The Balaban J connectivity index is 1.62. The molecule has 0 atom stereocenters. The summed E-state index contributed by atoms with van der Waals surface area (Å²) in [6.45, 7) is 7.66. The molecule has 1 aromatic heterocycles. The van der Waals surface area contributed by atoms with Gasteiger partial charge < -0.3 is 4.74 Å². The number of aryl methyl sites for hydroxylation is 1. The lowest BCUT2D eigenvalue weighted by atomic mass is 10.00. The standard InChI is InChI=1S/C23H28N4OS/c1-18-12-14-25(15-13-18)17-26-23(29)27(20-9-4-3-5-10-20)22(24-26)16-28-21-11-7-6-8-19(21)2/h3-11,18H,12-17H2,1-2H3. The first-order chi connectivity index (χ1) is 14.1. The van der Waals surface area contributed by atoms with Crippen LogP contribution in [-0.2, 0) is 13.3 Å². The fourth-order valence-corrected chi connectivity index (χ4v) is 4.04. The predicted octanol–water partition coefficient (Wildman–Crippen LogP) is 4.98. The van der Waals surface area contributed by atoms with E-state index in [1.54, 1.807) is 0 Å². The third-order valence-electron chi connectivity index (χ3n) is 5.58. The van der Waals surface area contributed by atoms with Crippen LogP contribution in [0.2, 0.25) is 0 Å². The predicted molar refractivity (Wildman–Crippen MR) is 118 cm³/mol. The molecule has 152 valence electrons. The topological polar surface area (TPSA) is 35.2 Å². The number of para-hydroxylation sites is 2. The van der Waals surface area contributed by atoms with Crippen molar-refractivity contribution in [3.63, 3.8) is 0 Å². The molecule has 0 unspecified atom stereocenters. The Bertz CT molecular complexity index is 1000. The molecule has 3 aromatic rings. The number of hydrogen-bond acceptors (Lipinski definition) is 4. The highest BCUT2D eigenvalue weighted by molar-refractivity contribution is 7.71. The van der Waals surface area contributed by atoms with E-state index in [1.165, 1.54) is 12.8 Å². The largest absolute Gasteiger partial charge is 0.485 e. The molecule has 0 bridgehead atoms. The SMILES string of the molecule is Cc1ccccc1OCc1nn(CN2CCC(C)CC2)c(=S)n1-c1ccccc1.